The predicted octanol–water partition coefficient (Wildman–Crippen LogP) is -0.0797. The first-order valence-electron chi connectivity index (χ1n) is 4.95. The van der Waals surface area contributed by atoms with Gasteiger partial charge in [-0.15, -0.1) is 0 Å². The minimum atomic E-state index is -0.929. The van der Waals surface area contributed by atoms with Gasteiger partial charge < -0.3 is 20.3 Å². The number of nitrogens with zero attached hydrogens (tertiary/aromatic N) is 4. The fourth-order valence-corrected chi connectivity index (χ4v) is 1.64. The van der Waals surface area contributed by atoms with Gasteiger partial charge in [0.1, 0.15) is 18.4 Å². The van der Waals surface area contributed by atoms with Crippen molar-refractivity contribution in [2.75, 3.05) is 6.54 Å². The molecule has 86 valence electrons. The molecule has 1 aliphatic rings. The molecule has 1 aliphatic heterocycles. The Morgan fingerprint density at radius 2 is 2.44 bits per heavy atom. The molecule has 0 bridgehead atoms. The molecule has 7 nitrogen and oxygen atoms in total. The lowest BCUT2D eigenvalue weighted by molar-refractivity contribution is -0.137. The number of carboxylic acids is 1. The Hall–Kier alpha value is -1.89. The zero-order valence-corrected chi connectivity index (χ0v) is 8.87. The highest BCUT2D eigenvalue weighted by molar-refractivity contribution is 5.69. The molecule has 0 amide bonds. The maximum absolute atomic E-state index is 10.6. The number of aliphatic imine (C=N–C) groups is 1. The van der Waals surface area contributed by atoms with Crippen molar-refractivity contribution >= 4 is 18.1 Å². The number of carbonyl (C=O) groups is 1. The Morgan fingerprint density at radius 3 is 3.06 bits per heavy atom. The van der Waals surface area contributed by atoms with E-state index in [9.17, 15) is 4.79 Å². The minimum Gasteiger partial charge on any atom is -0.480 e. The molecule has 0 spiro atoms. The number of rotatable bonds is 3. The average Bonchev–Trinajstić information content (AvgIpc) is 2.62. The van der Waals surface area contributed by atoms with Crippen LogP contribution in [-0.2, 0) is 11.3 Å². The Morgan fingerprint density at radius 1 is 1.69 bits per heavy atom. The third kappa shape index (κ3) is 1.65. The summed E-state index contributed by atoms with van der Waals surface area (Å²) in [6.07, 6.45) is 2.72. The van der Waals surface area contributed by atoms with Crippen LogP contribution in [0.5, 0.6) is 0 Å². The first-order chi connectivity index (χ1) is 7.63. The van der Waals surface area contributed by atoms with Crippen LogP contribution < -0.4 is 5.73 Å². The van der Waals surface area contributed by atoms with Crippen molar-refractivity contribution in [3.8, 4) is 0 Å². The average molecular weight is 223 g/mol. The smallest absolute Gasteiger partial charge is 0.323 e. The van der Waals surface area contributed by atoms with Gasteiger partial charge in [0.25, 0.3) is 0 Å². The molecule has 1 aromatic heterocycles. The Kier molecular flexibility index (Phi) is 2.61. The van der Waals surface area contributed by atoms with Crippen LogP contribution in [0.15, 0.2) is 11.3 Å². The van der Waals surface area contributed by atoms with Gasteiger partial charge in [-0.3, -0.25) is 4.79 Å². The number of carboxylic acid groups (broad SMARTS) is 1. The summed E-state index contributed by atoms with van der Waals surface area (Å²) < 4.78 is 1.47. The van der Waals surface area contributed by atoms with E-state index in [0.29, 0.717) is 11.5 Å². The molecule has 16 heavy (non-hydrogen) atoms. The lowest BCUT2D eigenvalue weighted by Crippen LogP contribution is -2.35. The maximum atomic E-state index is 10.6. The van der Waals surface area contributed by atoms with Gasteiger partial charge in [-0.25, -0.2) is 9.98 Å². The van der Waals surface area contributed by atoms with Gasteiger partial charge in [-0.2, -0.15) is 0 Å². The van der Waals surface area contributed by atoms with E-state index < -0.39 is 5.97 Å². The molecule has 0 saturated heterocycles. The van der Waals surface area contributed by atoms with E-state index in [0.717, 1.165) is 6.54 Å². The highest BCUT2D eigenvalue weighted by atomic mass is 16.4. The molecule has 2 rings (SSSR count). The normalized spacial score (nSPS) is 18.6. The van der Waals surface area contributed by atoms with Crippen molar-refractivity contribution in [3.63, 3.8) is 0 Å². The first kappa shape index (κ1) is 10.6. The highest BCUT2D eigenvalue weighted by Crippen LogP contribution is 2.28. The maximum Gasteiger partial charge on any atom is 0.323 e. The second kappa shape index (κ2) is 3.93. The van der Waals surface area contributed by atoms with E-state index in [1.54, 1.807) is 6.34 Å². The quantitative estimate of drug-likeness (QED) is 0.747. The summed E-state index contributed by atoms with van der Waals surface area (Å²) in [6.45, 7) is 2.54. The van der Waals surface area contributed by atoms with Crippen LogP contribution in [0.2, 0.25) is 0 Å². The van der Waals surface area contributed by atoms with Crippen molar-refractivity contribution in [1.82, 2.24) is 14.5 Å². The third-order valence-corrected chi connectivity index (χ3v) is 2.47. The van der Waals surface area contributed by atoms with E-state index in [4.69, 9.17) is 10.8 Å². The number of nitrogens with two attached hydrogens (primary N) is 1. The number of aliphatic carboxylic acids is 1. The lowest BCUT2D eigenvalue weighted by atomic mass is 10.3. The van der Waals surface area contributed by atoms with E-state index >= 15 is 0 Å². The summed E-state index contributed by atoms with van der Waals surface area (Å²) >= 11 is 0. The molecule has 0 radical (unpaired) electrons. The number of hydrogen-bond donors (Lipinski definition) is 2. The van der Waals surface area contributed by atoms with Gasteiger partial charge in [0.2, 0.25) is 0 Å². The van der Waals surface area contributed by atoms with Crippen molar-refractivity contribution in [1.29, 1.82) is 0 Å². The number of fused-ring (bicyclic) bond motifs is 1. The predicted molar refractivity (Wildman–Crippen MR) is 57.3 cm³/mol. The molecule has 3 N–H and O–H groups in total. The minimum absolute atomic E-state index is 0.154. The lowest BCUT2D eigenvalue weighted by Gasteiger charge is -2.27. The van der Waals surface area contributed by atoms with Gasteiger partial charge >= 0.3 is 5.97 Å². The summed E-state index contributed by atoms with van der Waals surface area (Å²) in [5.41, 5.74) is 6.57. The SMILES string of the molecule is CCN1C=Nc2c(ncn2CC(=O)O)C1N. The fourth-order valence-electron chi connectivity index (χ4n) is 1.64. The van der Waals surface area contributed by atoms with Crippen LogP contribution in [-0.4, -0.2) is 38.4 Å². The molecule has 1 aromatic rings. The summed E-state index contributed by atoms with van der Waals surface area (Å²) in [4.78, 5) is 20.7. The number of hydrogen-bond acceptors (Lipinski definition) is 5. The zero-order valence-electron chi connectivity index (χ0n) is 8.87. The van der Waals surface area contributed by atoms with E-state index in [1.807, 2.05) is 11.8 Å². The van der Waals surface area contributed by atoms with Crippen LogP contribution >= 0.6 is 0 Å². The fraction of sp³-hybridized carbons (Fsp3) is 0.444. The molecule has 1 atom stereocenters. The number of imidazole rings is 1. The second-order valence-corrected chi connectivity index (χ2v) is 3.49. The zero-order chi connectivity index (χ0) is 11.7. The summed E-state index contributed by atoms with van der Waals surface area (Å²) in [5, 5.41) is 8.71. The highest BCUT2D eigenvalue weighted by Gasteiger charge is 2.24. The summed E-state index contributed by atoms with van der Waals surface area (Å²) in [5.74, 6) is -0.401. The van der Waals surface area contributed by atoms with Crippen LogP contribution in [0.1, 0.15) is 18.8 Å². The van der Waals surface area contributed by atoms with Gasteiger partial charge in [-0.05, 0) is 6.92 Å². The molecule has 1 unspecified atom stereocenters. The van der Waals surface area contributed by atoms with Crippen molar-refractivity contribution < 1.29 is 9.90 Å². The van der Waals surface area contributed by atoms with Crippen LogP contribution in [0.4, 0.5) is 5.82 Å². The molecule has 0 saturated carbocycles. The van der Waals surface area contributed by atoms with Crippen LogP contribution in [0, 0.1) is 0 Å². The molecule has 0 aliphatic carbocycles. The summed E-state index contributed by atoms with van der Waals surface area (Å²) in [6, 6.07) is 0. The van der Waals surface area contributed by atoms with E-state index in [1.165, 1.54) is 10.9 Å². The number of aromatic nitrogens is 2. The van der Waals surface area contributed by atoms with Gasteiger partial charge in [0, 0.05) is 6.54 Å². The molecular formula is C9H13N5O2. The molecule has 0 fully saturated rings. The first-order valence-corrected chi connectivity index (χ1v) is 4.95. The Balaban J connectivity index is 2.34. The topological polar surface area (TPSA) is 96.7 Å². The van der Waals surface area contributed by atoms with Crippen molar-refractivity contribution in [3.05, 3.63) is 12.0 Å². The van der Waals surface area contributed by atoms with Crippen molar-refractivity contribution in [2.24, 2.45) is 10.7 Å². The van der Waals surface area contributed by atoms with Crippen LogP contribution in [0.3, 0.4) is 0 Å². The molecule has 7 heteroatoms. The molecular weight excluding hydrogens is 210 g/mol. The summed E-state index contributed by atoms with van der Waals surface area (Å²) in [7, 11) is 0. The van der Waals surface area contributed by atoms with E-state index in [2.05, 4.69) is 9.98 Å². The van der Waals surface area contributed by atoms with Gasteiger partial charge in [-0.1, -0.05) is 0 Å². The third-order valence-electron chi connectivity index (χ3n) is 2.47. The van der Waals surface area contributed by atoms with E-state index in [-0.39, 0.29) is 12.7 Å². The van der Waals surface area contributed by atoms with Crippen molar-refractivity contribution in [2.45, 2.75) is 19.6 Å². The molecule has 0 aromatic carbocycles. The largest absolute Gasteiger partial charge is 0.480 e. The Labute approximate surface area is 92.2 Å². The Bertz CT molecular complexity index is 439. The van der Waals surface area contributed by atoms with Crippen LogP contribution in [0.25, 0.3) is 0 Å². The second-order valence-electron chi connectivity index (χ2n) is 3.49. The van der Waals surface area contributed by atoms with Gasteiger partial charge in [0.15, 0.2) is 5.82 Å². The standard InChI is InChI=1S/C9H13N5O2/c1-2-13-5-12-9-7(8(13)10)11-4-14(9)3-6(15)16/h4-5,8H,2-3,10H2,1H3,(H,15,16). The monoisotopic (exact) mass is 223 g/mol. The van der Waals surface area contributed by atoms with Gasteiger partial charge in [0.05, 0.1) is 12.7 Å². The molecule has 2 heterocycles.